The lowest BCUT2D eigenvalue weighted by Gasteiger charge is -2.41. The van der Waals surface area contributed by atoms with E-state index in [1.807, 2.05) is 76.9 Å². The summed E-state index contributed by atoms with van der Waals surface area (Å²) in [5.41, 5.74) is 3.37. The number of halogens is 3. The SMILES string of the molecule is O=C(N[C@H]1c2ccccc2C[C@H]1O)[C@@H](Cc1ccccc1)C[C@H](O)CN1CCN(Cc2ccc(-c3ccccn3)o2)C[C@H]1C(=O)NCC(F)(F)F. The Bertz CT molecular complexity index is 1760. The maximum Gasteiger partial charge on any atom is 0.405 e. The number of piperazine rings is 1. The van der Waals surface area contributed by atoms with Crippen LogP contribution in [0.1, 0.15) is 34.9 Å². The van der Waals surface area contributed by atoms with Crippen molar-refractivity contribution in [2.24, 2.45) is 5.92 Å². The average molecular weight is 706 g/mol. The molecule has 5 atom stereocenters. The Morgan fingerprint density at radius 2 is 1.75 bits per heavy atom. The van der Waals surface area contributed by atoms with Crippen molar-refractivity contribution in [1.29, 1.82) is 0 Å². The predicted octanol–water partition coefficient (Wildman–Crippen LogP) is 3.89. The second-order valence-electron chi connectivity index (χ2n) is 13.3. The third-order valence-electron chi connectivity index (χ3n) is 9.50. The molecule has 2 aliphatic rings. The highest BCUT2D eigenvalue weighted by Gasteiger charge is 2.38. The third kappa shape index (κ3) is 9.61. The molecule has 1 fully saturated rings. The summed E-state index contributed by atoms with van der Waals surface area (Å²) in [7, 11) is 0. The van der Waals surface area contributed by atoms with Crippen molar-refractivity contribution in [2.75, 3.05) is 32.7 Å². The van der Waals surface area contributed by atoms with E-state index < -0.39 is 48.8 Å². The molecule has 3 heterocycles. The molecule has 0 bridgehead atoms. The molecule has 0 spiro atoms. The van der Waals surface area contributed by atoms with Gasteiger partial charge in [-0.25, -0.2) is 0 Å². The number of carbonyl (C=O) groups excluding carboxylic acids is 2. The number of alkyl halides is 3. The van der Waals surface area contributed by atoms with Gasteiger partial charge in [0.15, 0.2) is 5.76 Å². The van der Waals surface area contributed by atoms with E-state index in [1.54, 1.807) is 29.3 Å². The molecule has 0 radical (unpaired) electrons. The summed E-state index contributed by atoms with van der Waals surface area (Å²) in [4.78, 5) is 35.0. The van der Waals surface area contributed by atoms with E-state index in [-0.39, 0.29) is 32.0 Å². The second-order valence-corrected chi connectivity index (χ2v) is 13.3. The van der Waals surface area contributed by atoms with Crippen molar-refractivity contribution < 1.29 is 37.4 Å². The molecule has 0 saturated carbocycles. The van der Waals surface area contributed by atoms with E-state index in [1.165, 1.54) is 0 Å². The molecule has 2 aromatic heterocycles. The maximum atomic E-state index is 13.8. The first-order chi connectivity index (χ1) is 24.5. The van der Waals surface area contributed by atoms with Crippen LogP contribution in [0.2, 0.25) is 0 Å². The van der Waals surface area contributed by atoms with Crippen LogP contribution in [0.25, 0.3) is 11.5 Å². The maximum absolute atomic E-state index is 13.8. The van der Waals surface area contributed by atoms with Gasteiger partial charge < -0.3 is 25.3 Å². The number of carbonyl (C=O) groups is 2. The molecule has 0 unspecified atom stereocenters. The van der Waals surface area contributed by atoms with E-state index in [9.17, 15) is 33.0 Å². The fourth-order valence-corrected chi connectivity index (χ4v) is 7.00. The van der Waals surface area contributed by atoms with Gasteiger partial charge in [0.25, 0.3) is 0 Å². The highest BCUT2D eigenvalue weighted by molar-refractivity contribution is 5.82. The number of nitrogens with zero attached hydrogens (tertiary/aromatic N) is 3. The number of amides is 2. The molecule has 4 N–H and O–H groups in total. The second kappa shape index (κ2) is 16.2. The van der Waals surface area contributed by atoms with Crippen molar-refractivity contribution >= 4 is 11.8 Å². The van der Waals surface area contributed by atoms with Crippen LogP contribution in [-0.4, -0.2) is 94.0 Å². The molecule has 2 aromatic carbocycles. The van der Waals surface area contributed by atoms with E-state index >= 15 is 0 Å². The smallest absolute Gasteiger partial charge is 0.405 e. The van der Waals surface area contributed by atoms with Gasteiger partial charge in [-0.1, -0.05) is 60.7 Å². The summed E-state index contributed by atoms with van der Waals surface area (Å²) in [6.45, 7) is -0.335. The van der Waals surface area contributed by atoms with Crippen LogP contribution in [0.5, 0.6) is 0 Å². The lowest BCUT2D eigenvalue weighted by Crippen LogP contribution is -2.60. The molecule has 1 saturated heterocycles. The van der Waals surface area contributed by atoms with Crippen molar-refractivity contribution in [3.63, 3.8) is 0 Å². The summed E-state index contributed by atoms with van der Waals surface area (Å²) in [5.74, 6) is -0.624. The number of hydrogen-bond donors (Lipinski definition) is 4. The van der Waals surface area contributed by atoms with Gasteiger partial charge in [-0.05, 0) is 53.8 Å². The topological polar surface area (TPSA) is 131 Å². The minimum Gasteiger partial charge on any atom is -0.458 e. The van der Waals surface area contributed by atoms with Crippen LogP contribution in [0.4, 0.5) is 13.2 Å². The molecule has 13 heteroatoms. The van der Waals surface area contributed by atoms with Crippen LogP contribution in [0.15, 0.2) is 95.5 Å². The third-order valence-corrected chi connectivity index (χ3v) is 9.50. The normalized spacial score (nSPS) is 20.8. The van der Waals surface area contributed by atoms with Gasteiger partial charge in [-0.2, -0.15) is 13.2 Å². The molecular weight excluding hydrogens is 663 g/mol. The Labute approximate surface area is 294 Å². The van der Waals surface area contributed by atoms with Crippen molar-refractivity contribution in [1.82, 2.24) is 25.4 Å². The van der Waals surface area contributed by atoms with Crippen LogP contribution in [0.3, 0.4) is 0 Å². The minimum absolute atomic E-state index is 0.0318. The molecule has 2 amide bonds. The largest absolute Gasteiger partial charge is 0.458 e. The van der Waals surface area contributed by atoms with Crippen LogP contribution >= 0.6 is 0 Å². The number of nitrogens with one attached hydrogen (secondary N) is 2. The number of benzene rings is 2. The quantitative estimate of drug-likeness (QED) is 0.165. The number of aromatic nitrogens is 1. The number of fused-ring (bicyclic) bond motifs is 1. The van der Waals surface area contributed by atoms with Crippen LogP contribution in [0, 0.1) is 5.92 Å². The first-order valence-corrected chi connectivity index (χ1v) is 17.1. The van der Waals surface area contributed by atoms with Gasteiger partial charge in [0, 0.05) is 44.7 Å². The number of aliphatic hydroxyl groups excluding tert-OH is 2. The van der Waals surface area contributed by atoms with Crippen molar-refractivity contribution in [3.05, 3.63) is 114 Å². The Hall–Kier alpha value is -4.56. The molecule has 4 aromatic rings. The first-order valence-electron chi connectivity index (χ1n) is 17.1. The summed E-state index contributed by atoms with van der Waals surface area (Å²) in [6.07, 6.45) is -4.03. The molecule has 6 rings (SSSR count). The molecule has 270 valence electrons. The fraction of sp³-hybridized carbons (Fsp3) is 0.395. The van der Waals surface area contributed by atoms with Gasteiger partial charge in [-0.15, -0.1) is 0 Å². The molecule has 10 nitrogen and oxygen atoms in total. The zero-order valence-corrected chi connectivity index (χ0v) is 28.0. The van der Waals surface area contributed by atoms with Gasteiger partial charge in [-0.3, -0.25) is 24.4 Å². The summed E-state index contributed by atoms with van der Waals surface area (Å²) < 4.78 is 45.3. The predicted molar refractivity (Wildman–Crippen MR) is 183 cm³/mol. The van der Waals surface area contributed by atoms with E-state index in [2.05, 4.69) is 10.3 Å². The number of hydrogen-bond acceptors (Lipinski definition) is 8. The summed E-state index contributed by atoms with van der Waals surface area (Å²) in [5, 5.41) is 27.2. The monoisotopic (exact) mass is 705 g/mol. The van der Waals surface area contributed by atoms with Crippen molar-refractivity contribution in [3.8, 4) is 11.5 Å². The minimum atomic E-state index is -4.59. The highest BCUT2D eigenvalue weighted by Crippen LogP contribution is 2.32. The van der Waals surface area contributed by atoms with E-state index in [4.69, 9.17) is 4.42 Å². The Kier molecular flexibility index (Phi) is 11.5. The van der Waals surface area contributed by atoms with Gasteiger partial charge in [0.2, 0.25) is 11.8 Å². The average Bonchev–Trinajstić information content (AvgIpc) is 3.71. The van der Waals surface area contributed by atoms with Crippen molar-refractivity contribution in [2.45, 2.75) is 56.3 Å². The Balaban J connectivity index is 1.14. The molecule has 1 aliphatic carbocycles. The zero-order valence-electron chi connectivity index (χ0n) is 28.0. The number of furan rings is 1. The standard InChI is InChI=1S/C38H42F3N5O5/c39-38(40,41)24-43-37(50)32-23-45(22-29-13-14-34(51-29)31-12-6-7-15-42-31)16-17-46(32)21-28(47)19-27(18-25-8-2-1-3-9-25)36(49)44-35-30-11-5-4-10-26(30)20-33(35)48/h1-15,27-28,32-33,35,47-48H,16-24H2,(H,43,50)(H,44,49)/t27-,28-,32-,33+,35-/m0/s1. The van der Waals surface area contributed by atoms with Gasteiger partial charge in [0.05, 0.1) is 24.8 Å². The fourth-order valence-electron chi connectivity index (χ4n) is 7.00. The molecule has 51 heavy (non-hydrogen) atoms. The van der Waals surface area contributed by atoms with Crippen LogP contribution < -0.4 is 10.6 Å². The van der Waals surface area contributed by atoms with E-state index in [0.29, 0.717) is 43.1 Å². The van der Waals surface area contributed by atoms with E-state index in [0.717, 1.165) is 16.7 Å². The summed E-state index contributed by atoms with van der Waals surface area (Å²) >= 11 is 0. The molecular formula is C38H42F3N5O5. The zero-order chi connectivity index (χ0) is 36.0. The number of β-amino-alcohol motifs (C(OH)–C–C–N with tert-alkyl or cyclic N) is 1. The summed E-state index contributed by atoms with van der Waals surface area (Å²) in [6, 6.07) is 24.4. The first kappa shape index (κ1) is 36.2. The Morgan fingerprint density at radius 3 is 2.51 bits per heavy atom. The highest BCUT2D eigenvalue weighted by atomic mass is 19.4. The van der Waals surface area contributed by atoms with Crippen LogP contribution in [-0.2, 0) is 29.0 Å². The Morgan fingerprint density at radius 1 is 0.980 bits per heavy atom. The van der Waals surface area contributed by atoms with Gasteiger partial charge >= 0.3 is 6.18 Å². The number of aliphatic hydroxyl groups is 2. The lowest BCUT2D eigenvalue weighted by molar-refractivity contribution is -0.143. The number of rotatable bonds is 13. The van der Waals surface area contributed by atoms with Gasteiger partial charge in [0.1, 0.15) is 24.0 Å². The molecule has 1 aliphatic heterocycles. The number of pyridine rings is 1. The lowest BCUT2D eigenvalue weighted by atomic mass is 9.91.